The second-order valence-corrected chi connectivity index (χ2v) is 8.27. The van der Waals surface area contributed by atoms with Gasteiger partial charge in [-0.25, -0.2) is 4.79 Å². The van der Waals surface area contributed by atoms with E-state index >= 15 is 0 Å². The summed E-state index contributed by atoms with van der Waals surface area (Å²) in [5, 5.41) is 17.2. The van der Waals surface area contributed by atoms with Gasteiger partial charge < -0.3 is 24.6 Å². The average Bonchev–Trinajstić information content (AvgIpc) is 2.78. The quantitative estimate of drug-likeness (QED) is 0.210. The number of hydrogen-bond donors (Lipinski definition) is 2. The number of phenols is 1. The molecule has 172 valence electrons. The molecule has 2 N–H and O–H groups in total. The first-order chi connectivity index (χ1) is 15.9. The standard InChI is InChI=1S/C24H26N4O5/c1-4-17-16-9-14(2)12-24(17,27-28-25)18-6-8-22(26-19(18)11-16)33-23(30)32-13-15-5-7-20(29)21(10-15)31-3/h4-10,16,22,26,29H,11-13H2,1-3H3/t16-,22?,24?/m1/s1. The van der Waals surface area contributed by atoms with E-state index in [0.717, 1.165) is 16.8 Å². The van der Waals surface area contributed by atoms with Crippen molar-refractivity contribution in [1.82, 2.24) is 5.32 Å². The molecular formula is C24H26N4O5. The summed E-state index contributed by atoms with van der Waals surface area (Å²) in [5.74, 6) is 0.415. The van der Waals surface area contributed by atoms with Crippen LogP contribution in [0.2, 0.25) is 0 Å². The van der Waals surface area contributed by atoms with Gasteiger partial charge >= 0.3 is 6.16 Å². The first-order valence-corrected chi connectivity index (χ1v) is 10.7. The van der Waals surface area contributed by atoms with Gasteiger partial charge in [0.1, 0.15) is 12.1 Å². The number of allylic oxidation sites excluding steroid dienone is 3. The Morgan fingerprint density at radius 3 is 3.00 bits per heavy atom. The minimum atomic E-state index is -0.834. The van der Waals surface area contributed by atoms with Gasteiger partial charge in [0.25, 0.3) is 0 Å². The van der Waals surface area contributed by atoms with E-state index in [9.17, 15) is 15.4 Å². The predicted octanol–water partition coefficient (Wildman–Crippen LogP) is 5.16. The van der Waals surface area contributed by atoms with Crippen molar-refractivity contribution in [2.24, 2.45) is 11.0 Å². The molecule has 0 amide bonds. The summed E-state index contributed by atoms with van der Waals surface area (Å²) >= 11 is 0. The molecule has 9 nitrogen and oxygen atoms in total. The molecule has 2 bridgehead atoms. The van der Waals surface area contributed by atoms with E-state index in [1.165, 1.54) is 18.7 Å². The third-order valence-corrected chi connectivity index (χ3v) is 6.20. The number of nitrogens with zero attached hydrogens (tertiary/aromatic N) is 3. The lowest BCUT2D eigenvalue weighted by molar-refractivity contribution is 0.0248. The molecule has 2 aliphatic carbocycles. The summed E-state index contributed by atoms with van der Waals surface area (Å²) in [7, 11) is 1.44. The van der Waals surface area contributed by atoms with E-state index in [1.807, 2.05) is 19.1 Å². The van der Waals surface area contributed by atoms with Crippen molar-refractivity contribution < 1.29 is 24.1 Å². The Labute approximate surface area is 191 Å². The number of ether oxygens (including phenoxy) is 3. The molecule has 33 heavy (non-hydrogen) atoms. The Kier molecular flexibility index (Phi) is 6.07. The van der Waals surface area contributed by atoms with Gasteiger partial charge in [-0.3, -0.25) is 0 Å². The van der Waals surface area contributed by atoms with Gasteiger partial charge in [0.05, 0.1) is 7.11 Å². The van der Waals surface area contributed by atoms with Gasteiger partial charge in [0, 0.05) is 16.5 Å². The highest BCUT2D eigenvalue weighted by molar-refractivity contribution is 5.61. The van der Waals surface area contributed by atoms with Gasteiger partial charge in [-0.1, -0.05) is 40.6 Å². The summed E-state index contributed by atoms with van der Waals surface area (Å²) in [6.45, 7) is 3.99. The molecule has 1 heterocycles. The Bertz CT molecular complexity index is 1150. The molecule has 0 fully saturated rings. The number of methoxy groups -OCH3 is 1. The molecule has 3 aliphatic rings. The van der Waals surface area contributed by atoms with E-state index in [2.05, 4.69) is 28.3 Å². The highest BCUT2D eigenvalue weighted by atomic mass is 16.7. The van der Waals surface area contributed by atoms with Crippen LogP contribution in [0.3, 0.4) is 0 Å². The molecule has 0 radical (unpaired) electrons. The molecule has 9 heteroatoms. The Balaban J connectivity index is 1.45. The number of aromatic hydroxyl groups is 1. The van der Waals surface area contributed by atoms with Crippen LogP contribution in [0.15, 0.2) is 70.0 Å². The molecule has 0 spiro atoms. The number of carbonyl (C=O) groups is 1. The van der Waals surface area contributed by atoms with Gasteiger partial charge in [0.15, 0.2) is 17.7 Å². The highest BCUT2D eigenvalue weighted by Crippen LogP contribution is 2.52. The SMILES string of the molecule is CC=C1[C@@H]2C=C(C)CC1(N=[N+]=[N-])C1=C(C2)NC(OC(=O)OCc2ccc(O)c(OC)c2)C=C1. The van der Waals surface area contributed by atoms with Crippen LogP contribution in [0.1, 0.15) is 32.3 Å². The molecule has 1 aromatic carbocycles. The summed E-state index contributed by atoms with van der Waals surface area (Å²) in [4.78, 5) is 15.4. The third-order valence-electron chi connectivity index (χ3n) is 6.20. The lowest BCUT2D eigenvalue weighted by atomic mass is 9.63. The maximum atomic E-state index is 12.3. The Morgan fingerprint density at radius 2 is 2.27 bits per heavy atom. The number of rotatable bonds is 5. The number of phenolic OH excluding ortho intramolecular Hbond substituents is 1. The molecule has 0 aromatic heterocycles. The van der Waals surface area contributed by atoms with E-state index in [1.54, 1.807) is 18.2 Å². The minimum absolute atomic E-state index is 0.00585. The first kappa shape index (κ1) is 22.4. The monoisotopic (exact) mass is 450 g/mol. The van der Waals surface area contributed by atoms with Gasteiger partial charge in [0.2, 0.25) is 0 Å². The minimum Gasteiger partial charge on any atom is -0.504 e. The fourth-order valence-electron chi connectivity index (χ4n) is 4.92. The zero-order valence-corrected chi connectivity index (χ0v) is 18.7. The normalized spacial score (nSPS) is 26.5. The van der Waals surface area contributed by atoms with E-state index in [4.69, 9.17) is 14.2 Å². The fraction of sp³-hybridized carbons (Fsp3) is 0.375. The number of fused-ring (bicyclic) bond motifs is 3. The van der Waals surface area contributed by atoms with Crippen molar-refractivity contribution in [2.45, 2.75) is 45.1 Å². The number of hydrogen-bond acceptors (Lipinski definition) is 7. The lowest BCUT2D eigenvalue weighted by Crippen LogP contribution is -2.47. The van der Waals surface area contributed by atoms with E-state index in [0.29, 0.717) is 24.2 Å². The Morgan fingerprint density at radius 1 is 1.45 bits per heavy atom. The topological polar surface area (TPSA) is 126 Å². The maximum Gasteiger partial charge on any atom is 0.510 e. The number of carbonyl (C=O) groups excluding carboxylic acids is 1. The van der Waals surface area contributed by atoms with Gasteiger partial charge in [-0.15, -0.1) is 0 Å². The van der Waals surface area contributed by atoms with Crippen LogP contribution >= 0.6 is 0 Å². The maximum absolute atomic E-state index is 12.3. The van der Waals surface area contributed by atoms with Crippen LogP contribution < -0.4 is 10.1 Å². The largest absolute Gasteiger partial charge is 0.510 e. The van der Waals surface area contributed by atoms with Crippen LogP contribution in [0, 0.1) is 5.92 Å². The Hall–Kier alpha value is -3.84. The van der Waals surface area contributed by atoms with Crippen LogP contribution in [0.25, 0.3) is 10.4 Å². The molecule has 4 rings (SSSR count). The summed E-state index contributed by atoms with van der Waals surface area (Å²) < 4.78 is 15.7. The predicted molar refractivity (Wildman–Crippen MR) is 121 cm³/mol. The number of nitrogens with one attached hydrogen (secondary N) is 1. The number of azide groups is 1. The van der Waals surface area contributed by atoms with Crippen LogP contribution in [0.4, 0.5) is 4.79 Å². The van der Waals surface area contributed by atoms with E-state index in [-0.39, 0.29) is 18.3 Å². The van der Waals surface area contributed by atoms with Crippen molar-refractivity contribution in [2.75, 3.05) is 7.11 Å². The molecule has 1 aromatic rings. The van der Waals surface area contributed by atoms with Crippen molar-refractivity contribution in [3.8, 4) is 11.5 Å². The fourth-order valence-corrected chi connectivity index (χ4v) is 4.92. The second-order valence-electron chi connectivity index (χ2n) is 8.27. The first-order valence-electron chi connectivity index (χ1n) is 10.7. The zero-order chi connectivity index (χ0) is 23.6. The summed E-state index contributed by atoms with van der Waals surface area (Å²) in [6, 6.07) is 4.69. The van der Waals surface area contributed by atoms with Crippen LogP contribution in [0.5, 0.6) is 11.5 Å². The zero-order valence-electron chi connectivity index (χ0n) is 18.7. The van der Waals surface area contributed by atoms with Crippen molar-refractivity contribution >= 4 is 6.16 Å². The lowest BCUT2D eigenvalue weighted by Gasteiger charge is -2.47. The van der Waals surface area contributed by atoms with Crippen LogP contribution in [-0.2, 0) is 16.1 Å². The van der Waals surface area contributed by atoms with Crippen molar-refractivity contribution in [3.63, 3.8) is 0 Å². The average molecular weight is 450 g/mol. The molecule has 0 saturated heterocycles. The molecule has 1 aliphatic heterocycles. The van der Waals surface area contributed by atoms with Crippen molar-refractivity contribution in [3.05, 3.63) is 80.9 Å². The second kappa shape index (κ2) is 8.96. The van der Waals surface area contributed by atoms with Crippen molar-refractivity contribution in [1.29, 1.82) is 0 Å². The highest BCUT2D eigenvalue weighted by Gasteiger charge is 2.47. The molecule has 0 saturated carbocycles. The van der Waals surface area contributed by atoms with Gasteiger partial charge in [-0.05, 0) is 61.6 Å². The smallest absolute Gasteiger partial charge is 0.504 e. The summed E-state index contributed by atoms with van der Waals surface area (Å²) in [6.07, 6.45) is 7.62. The third kappa shape index (κ3) is 4.15. The molecular weight excluding hydrogens is 424 g/mol. The van der Waals surface area contributed by atoms with Crippen LogP contribution in [-0.4, -0.2) is 30.1 Å². The summed E-state index contributed by atoms with van der Waals surface area (Å²) in [5.41, 5.74) is 13.3. The molecule has 2 unspecified atom stereocenters. The van der Waals surface area contributed by atoms with Gasteiger partial charge in [-0.2, -0.15) is 0 Å². The van der Waals surface area contributed by atoms with E-state index < -0.39 is 17.9 Å². The number of benzene rings is 1. The molecule has 3 atom stereocenters. The number of dihydropyridines is 1.